The average Bonchev–Trinajstić information content (AvgIpc) is 2.83. The number of alkyl halides is 2. The van der Waals surface area contributed by atoms with E-state index in [1.54, 1.807) is 25.1 Å². The number of ether oxygens (including phenoxy) is 2. The van der Waals surface area contributed by atoms with Gasteiger partial charge in [0.05, 0.1) is 13.2 Å². The topological polar surface area (TPSA) is 68.9 Å². The molecule has 0 amide bonds. The van der Waals surface area contributed by atoms with Crippen LogP contribution in [-0.2, 0) is 6.54 Å². The largest absolute Gasteiger partial charge is 0.490 e. The summed E-state index contributed by atoms with van der Waals surface area (Å²) in [5.74, 6) is 0.632. The van der Waals surface area contributed by atoms with E-state index in [1.165, 1.54) is 25.7 Å². The number of halogens is 2. The van der Waals surface area contributed by atoms with Crippen LogP contribution in [0, 0.1) is 0 Å². The summed E-state index contributed by atoms with van der Waals surface area (Å²) in [6.45, 7) is -0.636. The standard InChI is InChI=1S/C18H27F2N3O2/c1-2-24-15-11-7-8-13(16(15)25-17(19)20)12-22-18(21)23-14-9-5-3-4-6-10-14/h7-8,11,14,17H,2-6,9-10,12H2,1H3,(H3,21,22,23). The summed E-state index contributed by atoms with van der Waals surface area (Å²) in [5, 5.41) is 3.24. The van der Waals surface area contributed by atoms with Gasteiger partial charge in [-0.1, -0.05) is 37.8 Å². The first kappa shape index (κ1) is 19.3. The van der Waals surface area contributed by atoms with Crippen molar-refractivity contribution in [2.45, 2.75) is 64.6 Å². The third-order valence-corrected chi connectivity index (χ3v) is 4.19. The zero-order valence-corrected chi connectivity index (χ0v) is 14.6. The second-order valence-electron chi connectivity index (χ2n) is 6.09. The van der Waals surface area contributed by atoms with Crippen LogP contribution in [0.15, 0.2) is 23.2 Å². The Kier molecular flexibility index (Phi) is 7.76. The van der Waals surface area contributed by atoms with Gasteiger partial charge in [-0.3, -0.25) is 0 Å². The maximum Gasteiger partial charge on any atom is 0.387 e. The van der Waals surface area contributed by atoms with E-state index in [0.29, 0.717) is 24.2 Å². The van der Waals surface area contributed by atoms with E-state index >= 15 is 0 Å². The van der Waals surface area contributed by atoms with Crippen LogP contribution in [0.1, 0.15) is 51.0 Å². The predicted molar refractivity (Wildman–Crippen MR) is 94.2 cm³/mol. The van der Waals surface area contributed by atoms with Crippen LogP contribution in [0.3, 0.4) is 0 Å². The normalized spacial score (nSPS) is 16.6. The highest BCUT2D eigenvalue weighted by molar-refractivity contribution is 5.78. The van der Waals surface area contributed by atoms with Crippen molar-refractivity contribution in [2.75, 3.05) is 6.61 Å². The summed E-state index contributed by atoms with van der Waals surface area (Å²) >= 11 is 0. The number of para-hydroxylation sites is 1. The Bertz CT molecular complexity index is 559. The fourth-order valence-electron chi connectivity index (χ4n) is 3.03. The van der Waals surface area contributed by atoms with Gasteiger partial charge in [-0.2, -0.15) is 8.78 Å². The monoisotopic (exact) mass is 355 g/mol. The quantitative estimate of drug-likeness (QED) is 0.443. The van der Waals surface area contributed by atoms with Crippen molar-refractivity contribution in [1.82, 2.24) is 5.32 Å². The molecule has 0 heterocycles. The number of hydrogen-bond donors (Lipinski definition) is 2. The first-order valence-electron chi connectivity index (χ1n) is 8.86. The van der Waals surface area contributed by atoms with Crippen LogP contribution in [0.25, 0.3) is 0 Å². The van der Waals surface area contributed by atoms with Crippen molar-refractivity contribution in [1.29, 1.82) is 0 Å². The van der Waals surface area contributed by atoms with Gasteiger partial charge in [0.15, 0.2) is 17.5 Å². The molecular weight excluding hydrogens is 328 g/mol. The molecule has 140 valence electrons. The summed E-state index contributed by atoms with van der Waals surface area (Å²) in [6, 6.07) is 5.34. The molecule has 0 atom stereocenters. The van der Waals surface area contributed by atoms with E-state index in [4.69, 9.17) is 10.5 Å². The van der Waals surface area contributed by atoms with Gasteiger partial charge in [0, 0.05) is 11.6 Å². The van der Waals surface area contributed by atoms with Crippen LogP contribution in [0.4, 0.5) is 8.78 Å². The fraction of sp³-hybridized carbons (Fsp3) is 0.611. The second kappa shape index (κ2) is 10.1. The molecule has 1 aromatic carbocycles. The minimum atomic E-state index is -2.93. The third-order valence-electron chi connectivity index (χ3n) is 4.19. The van der Waals surface area contributed by atoms with Gasteiger partial charge in [0.1, 0.15) is 0 Å². The molecule has 3 N–H and O–H groups in total. The lowest BCUT2D eigenvalue weighted by molar-refractivity contribution is -0.0520. The summed E-state index contributed by atoms with van der Waals surface area (Å²) in [7, 11) is 0. The highest BCUT2D eigenvalue weighted by Gasteiger charge is 2.16. The Labute approximate surface area is 147 Å². The van der Waals surface area contributed by atoms with Crippen LogP contribution in [0.5, 0.6) is 11.5 Å². The molecular formula is C18H27F2N3O2. The van der Waals surface area contributed by atoms with E-state index in [-0.39, 0.29) is 18.0 Å². The molecule has 0 radical (unpaired) electrons. The lowest BCUT2D eigenvalue weighted by Gasteiger charge is -2.17. The van der Waals surface area contributed by atoms with Crippen LogP contribution >= 0.6 is 0 Å². The van der Waals surface area contributed by atoms with Gasteiger partial charge in [-0.25, -0.2) is 4.99 Å². The molecule has 0 aliphatic heterocycles. The molecule has 0 spiro atoms. The molecule has 1 aromatic rings. The Balaban J connectivity index is 2.05. The van der Waals surface area contributed by atoms with Gasteiger partial charge in [-0.15, -0.1) is 0 Å². The first-order valence-corrected chi connectivity index (χ1v) is 8.86. The molecule has 1 saturated carbocycles. The maximum absolute atomic E-state index is 12.7. The molecule has 1 fully saturated rings. The minimum absolute atomic E-state index is 0.0189. The highest BCUT2D eigenvalue weighted by Crippen LogP contribution is 2.33. The summed E-state index contributed by atoms with van der Waals surface area (Å²) in [5.41, 5.74) is 6.48. The van der Waals surface area contributed by atoms with Gasteiger partial charge >= 0.3 is 6.61 Å². The Morgan fingerprint density at radius 1 is 1.28 bits per heavy atom. The zero-order valence-electron chi connectivity index (χ0n) is 14.6. The molecule has 7 heteroatoms. The number of rotatable bonds is 7. The lowest BCUT2D eigenvalue weighted by Crippen LogP contribution is -2.39. The van der Waals surface area contributed by atoms with Crippen molar-refractivity contribution >= 4 is 5.96 Å². The first-order chi connectivity index (χ1) is 12.1. The van der Waals surface area contributed by atoms with E-state index in [9.17, 15) is 8.78 Å². The summed E-state index contributed by atoms with van der Waals surface area (Å²) < 4.78 is 35.4. The van der Waals surface area contributed by atoms with E-state index in [1.807, 2.05) is 0 Å². The van der Waals surface area contributed by atoms with Crippen molar-refractivity contribution in [3.8, 4) is 11.5 Å². The minimum Gasteiger partial charge on any atom is -0.490 e. The predicted octanol–water partition coefficient (Wildman–Crippen LogP) is 3.81. The van der Waals surface area contributed by atoms with Gasteiger partial charge in [-0.05, 0) is 25.8 Å². The average molecular weight is 355 g/mol. The smallest absolute Gasteiger partial charge is 0.387 e. The molecule has 1 aliphatic carbocycles. The number of guanidine groups is 1. The summed E-state index contributed by atoms with van der Waals surface area (Å²) in [6.07, 6.45) is 7.05. The van der Waals surface area contributed by atoms with Crippen molar-refractivity contribution in [3.63, 3.8) is 0 Å². The van der Waals surface area contributed by atoms with Gasteiger partial charge < -0.3 is 20.5 Å². The highest BCUT2D eigenvalue weighted by atomic mass is 19.3. The van der Waals surface area contributed by atoms with Crippen molar-refractivity contribution < 1.29 is 18.3 Å². The van der Waals surface area contributed by atoms with Gasteiger partial charge in [0.25, 0.3) is 0 Å². The van der Waals surface area contributed by atoms with Crippen molar-refractivity contribution in [3.05, 3.63) is 23.8 Å². The molecule has 0 aromatic heterocycles. The number of aliphatic imine (C=N–C) groups is 1. The fourth-order valence-corrected chi connectivity index (χ4v) is 3.03. The number of nitrogens with zero attached hydrogens (tertiary/aromatic N) is 1. The number of nitrogens with two attached hydrogens (primary N) is 1. The molecule has 5 nitrogen and oxygen atoms in total. The van der Waals surface area contributed by atoms with Crippen LogP contribution in [-0.4, -0.2) is 25.2 Å². The molecule has 2 rings (SSSR count). The van der Waals surface area contributed by atoms with E-state index in [2.05, 4.69) is 15.0 Å². The maximum atomic E-state index is 12.7. The van der Waals surface area contributed by atoms with Gasteiger partial charge in [0.2, 0.25) is 0 Å². The lowest BCUT2D eigenvalue weighted by atomic mass is 10.1. The van der Waals surface area contributed by atoms with E-state index in [0.717, 1.165) is 12.8 Å². The van der Waals surface area contributed by atoms with Crippen LogP contribution < -0.4 is 20.5 Å². The number of hydrogen-bond acceptors (Lipinski definition) is 3. The van der Waals surface area contributed by atoms with Crippen LogP contribution in [0.2, 0.25) is 0 Å². The SMILES string of the molecule is CCOc1cccc(CN=C(N)NC2CCCCCC2)c1OC(F)F. The van der Waals surface area contributed by atoms with Crippen molar-refractivity contribution in [2.24, 2.45) is 10.7 Å². The third kappa shape index (κ3) is 6.40. The Hall–Kier alpha value is -2.05. The number of benzene rings is 1. The molecule has 1 aliphatic rings. The summed E-state index contributed by atoms with van der Waals surface area (Å²) in [4.78, 5) is 4.29. The zero-order chi connectivity index (χ0) is 18.1. The number of nitrogens with one attached hydrogen (secondary N) is 1. The second-order valence-corrected chi connectivity index (χ2v) is 6.09. The molecule has 25 heavy (non-hydrogen) atoms. The Morgan fingerprint density at radius 2 is 2.00 bits per heavy atom. The van der Waals surface area contributed by atoms with E-state index < -0.39 is 6.61 Å². The molecule has 0 saturated heterocycles. The molecule has 0 bridgehead atoms. The Morgan fingerprint density at radius 3 is 2.64 bits per heavy atom. The molecule has 0 unspecified atom stereocenters.